The van der Waals surface area contributed by atoms with Gasteiger partial charge in [0.2, 0.25) is 5.91 Å². The summed E-state index contributed by atoms with van der Waals surface area (Å²) in [6.07, 6.45) is 1.73. The normalized spacial score (nSPS) is 11.0. The molecule has 0 fully saturated rings. The predicted molar refractivity (Wildman–Crippen MR) is 55.5 cm³/mol. The minimum atomic E-state index is -0.145. The minimum Gasteiger partial charge on any atom is -0.333 e. The molecule has 2 nitrogen and oxygen atoms in total. The quantitative estimate of drug-likeness (QED) is 0.527. The van der Waals surface area contributed by atoms with Crippen LogP contribution in [0.4, 0.5) is 0 Å². The Balaban J connectivity index is 4.43. The lowest BCUT2D eigenvalue weighted by Crippen LogP contribution is -2.46. The third kappa shape index (κ3) is 3.30. The van der Waals surface area contributed by atoms with E-state index in [0.29, 0.717) is 6.54 Å². The van der Waals surface area contributed by atoms with Crippen molar-refractivity contribution in [1.29, 1.82) is 0 Å². The van der Waals surface area contributed by atoms with Crippen LogP contribution in [0.5, 0.6) is 0 Å². The van der Waals surface area contributed by atoms with Gasteiger partial charge < -0.3 is 4.90 Å². The summed E-state index contributed by atoms with van der Waals surface area (Å²) in [6, 6.07) is 0. The van der Waals surface area contributed by atoms with Gasteiger partial charge in [0.1, 0.15) is 0 Å². The van der Waals surface area contributed by atoms with Crippen molar-refractivity contribution in [3.05, 3.63) is 12.7 Å². The first-order chi connectivity index (χ1) is 5.43. The first-order valence-corrected chi connectivity index (χ1v) is 4.59. The van der Waals surface area contributed by atoms with Gasteiger partial charge >= 0.3 is 0 Å². The fourth-order valence-corrected chi connectivity index (χ4v) is 1.13. The molecule has 12 heavy (non-hydrogen) atoms. The molecule has 0 saturated carbocycles. The monoisotopic (exact) mass is 187 g/mol. The number of rotatable bonds is 3. The summed E-state index contributed by atoms with van der Waals surface area (Å²) in [5, 5.41) is 0. The maximum Gasteiger partial charge on any atom is 0.233 e. The standard InChI is InChI=1S/C9H17NOS/c1-5-6-10(8(11)7-12)9(2,3)4/h5,12H,1,6-7H2,2-4H3. The van der Waals surface area contributed by atoms with Crippen LogP contribution in [0.1, 0.15) is 20.8 Å². The van der Waals surface area contributed by atoms with Gasteiger partial charge in [-0.05, 0) is 20.8 Å². The van der Waals surface area contributed by atoms with E-state index in [-0.39, 0.29) is 17.2 Å². The molecule has 0 spiro atoms. The van der Waals surface area contributed by atoms with Gasteiger partial charge in [0.25, 0.3) is 0 Å². The maximum atomic E-state index is 11.4. The molecule has 0 aliphatic carbocycles. The van der Waals surface area contributed by atoms with E-state index < -0.39 is 0 Å². The Bertz CT molecular complexity index is 172. The molecule has 0 aromatic heterocycles. The highest BCUT2D eigenvalue weighted by atomic mass is 32.1. The van der Waals surface area contributed by atoms with Crippen molar-refractivity contribution in [2.24, 2.45) is 0 Å². The number of carbonyl (C=O) groups excluding carboxylic acids is 1. The van der Waals surface area contributed by atoms with E-state index in [4.69, 9.17) is 0 Å². The van der Waals surface area contributed by atoms with E-state index in [0.717, 1.165) is 0 Å². The average molecular weight is 187 g/mol. The summed E-state index contributed by atoms with van der Waals surface area (Å²) in [5.41, 5.74) is -0.145. The topological polar surface area (TPSA) is 20.3 Å². The third-order valence-corrected chi connectivity index (χ3v) is 1.83. The highest BCUT2D eigenvalue weighted by molar-refractivity contribution is 7.81. The lowest BCUT2D eigenvalue weighted by Gasteiger charge is -2.34. The second-order valence-electron chi connectivity index (χ2n) is 3.62. The van der Waals surface area contributed by atoms with Crippen LogP contribution in [0.15, 0.2) is 12.7 Å². The smallest absolute Gasteiger partial charge is 0.233 e. The Morgan fingerprint density at radius 1 is 1.58 bits per heavy atom. The summed E-state index contributed by atoms with van der Waals surface area (Å²) in [4.78, 5) is 13.1. The first kappa shape index (κ1) is 11.6. The van der Waals surface area contributed by atoms with Crippen molar-refractivity contribution in [1.82, 2.24) is 4.90 Å². The van der Waals surface area contributed by atoms with Gasteiger partial charge in [-0.2, -0.15) is 12.6 Å². The molecule has 0 rings (SSSR count). The molecule has 0 bridgehead atoms. The van der Waals surface area contributed by atoms with Crippen LogP contribution in [0.3, 0.4) is 0 Å². The molecule has 0 N–H and O–H groups in total. The Labute approximate surface area is 80.0 Å². The largest absolute Gasteiger partial charge is 0.333 e. The van der Waals surface area contributed by atoms with E-state index in [2.05, 4.69) is 19.2 Å². The number of nitrogens with zero attached hydrogens (tertiary/aromatic N) is 1. The minimum absolute atomic E-state index is 0.0470. The molecule has 70 valence electrons. The Kier molecular flexibility index (Phi) is 4.39. The van der Waals surface area contributed by atoms with Crippen molar-refractivity contribution >= 4 is 18.5 Å². The van der Waals surface area contributed by atoms with Gasteiger partial charge in [0.15, 0.2) is 0 Å². The van der Waals surface area contributed by atoms with Crippen LogP contribution < -0.4 is 0 Å². The summed E-state index contributed by atoms with van der Waals surface area (Å²) in [5.74, 6) is 0.302. The van der Waals surface area contributed by atoms with Crippen molar-refractivity contribution < 1.29 is 4.79 Å². The van der Waals surface area contributed by atoms with Crippen LogP contribution in [-0.4, -0.2) is 28.6 Å². The van der Waals surface area contributed by atoms with Gasteiger partial charge in [-0.3, -0.25) is 4.79 Å². The molecular formula is C9H17NOS. The molecule has 0 aromatic carbocycles. The zero-order chi connectivity index (χ0) is 9.78. The summed E-state index contributed by atoms with van der Waals surface area (Å²) < 4.78 is 0. The second kappa shape index (κ2) is 4.55. The van der Waals surface area contributed by atoms with Crippen LogP contribution in [-0.2, 0) is 4.79 Å². The SMILES string of the molecule is C=CCN(C(=O)CS)C(C)(C)C. The molecule has 0 aliphatic rings. The molecule has 0 radical (unpaired) electrons. The van der Waals surface area contributed by atoms with E-state index in [9.17, 15) is 4.79 Å². The molecule has 0 aromatic rings. The molecule has 0 saturated heterocycles. The Morgan fingerprint density at radius 3 is 2.33 bits per heavy atom. The van der Waals surface area contributed by atoms with Gasteiger partial charge in [0.05, 0.1) is 5.75 Å². The lowest BCUT2D eigenvalue weighted by atomic mass is 10.1. The number of amides is 1. The second-order valence-corrected chi connectivity index (χ2v) is 3.94. The van der Waals surface area contributed by atoms with Gasteiger partial charge in [-0.1, -0.05) is 6.08 Å². The van der Waals surface area contributed by atoms with E-state index in [1.54, 1.807) is 11.0 Å². The lowest BCUT2D eigenvalue weighted by molar-refractivity contribution is -0.132. The molecule has 0 unspecified atom stereocenters. The molecular weight excluding hydrogens is 170 g/mol. The van der Waals surface area contributed by atoms with Gasteiger partial charge in [-0.25, -0.2) is 0 Å². The predicted octanol–water partition coefficient (Wildman–Crippen LogP) is 1.73. The number of thiol groups is 1. The maximum absolute atomic E-state index is 11.4. The summed E-state index contributed by atoms with van der Waals surface area (Å²) in [7, 11) is 0. The molecule has 3 heteroatoms. The van der Waals surface area contributed by atoms with Crippen LogP contribution in [0.2, 0.25) is 0 Å². The van der Waals surface area contributed by atoms with E-state index in [1.165, 1.54) is 0 Å². The number of carbonyl (C=O) groups is 1. The summed E-state index contributed by atoms with van der Waals surface area (Å²) in [6.45, 7) is 10.2. The average Bonchev–Trinajstić information content (AvgIpc) is 1.96. The van der Waals surface area contributed by atoms with Crippen LogP contribution in [0, 0.1) is 0 Å². The number of hydrogen-bond donors (Lipinski definition) is 1. The Hall–Kier alpha value is -0.440. The van der Waals surface area contributed by atoms with Gasteiger partial charge in [-0.15, -0.1) is 6.58 Å². The molecule has 0 atom stereocenters. The van der Waals surface area contributed by atoms with Crippen molar-refractivity contribution in [3.8, 4) is 0 Å². The van der Waals surface area contributed by atoms with Crippen molar-refractivity contribution in [2.75, 3.05) is 12.3 Å². The highest BCUT2D eigenvalue weighted by Crippen LogP contribution is 2.13. The zero-order valence-corrected chi connectivity index (χ0v) is 8.90. The first-order valence-electron chi connectivity index (χ1n) is 3.95. The van der Waals surface area contributed by atoms with Crippen LogP contribution in [0.25, 0.3) is 0 Å². The van der Waals surface area contributed by atoms with E-state index in [1.807, 2.05) is 20.8 Å². The van der Waals surface area contributed by atoms with Crippen molar-refractivity contribution in [2.45, 2.75) is 26.3 Å². The number of hydrogen-bond acceptors (Lipinski definition) is 2. The van der Waals surface area contributed by atoms with E-state index >= 15 is 0 Å². The molecule has 1 amide bonds. The molecule has 0 aliphatic heterocycles. The van der Waals surface area contributed by atoms with Crippen LogP contribution >= 0.6 is 12.6 Å². The molecule has 0 heterocycles. The zero-order valence-electron chi connectivity index (χ0n) is 8.00. The Morgan fingerprint density at radius 2 is 2.08 bits per heavy atom. The van der Waals surface area contributed by atoms with Crippen molar-refractivity contribution in [3.63, 3.8) is 0 Å². The van der Waals surface area contributed by atoms with Gasteiger partial charge in [0, 0.05) is 12.1 Å². The highest BCUT2D eigenvalue weighted by Gasteiger charge is 2.23. The third-order valence-electron chi connectivity index (χ3n) is 1.56. The fourth-order valence-electron chi connectivity index (χ4n) is 0.964. The summed E-state index contributed by atoms with van der Waals surface area (Å²) >= 11 is 3.95. The fraction of sp³-hybridized carbons (Fsp3) is 0.667.